The Bertz CT molecular complexity index is 1340. The maximum atomic E-state index is 13.2. The number of carboxylic acid groups (broad SMARTS) is 1. The summed E-state index contributed by atoms with van der Waals surface area (Å²) in [5, 5.41) is 16.5. The average Bonchev–Trinajstić information content (AvgIpc) is 3.29. The number of aromatic nitrogens is 3. The number of furan rings is 1. The number of nitrogens with one attached hydrogen (secondary N) is 2. The fourth-order valence-corrected chi connectivity index (χ4v) is 2.94. The van der Waals surface area contributed by atoms with Crippen LogP contribution in [0.1, 0.15) is 16.1 Å². The average molecular weight is 461 g/mol. The number of nitrogens with zero attached hydrogens (tertiary/aromatic N) is 5. The molecule has 4 rings (SSSR count). The predicted molar refractivity (Wildman–Crippen MR) is 126 cm³/mol. The minimum Gasteiger partial charge on any atom is -0.478 e. The molecular formula is C23H20FN7O3. The molecule has 172 valence electrons. The number of benzene rings is 2. The Labute approximate surface area is 193 Å². The first-order valence-electron chi connectivity index (χ1n) is 10.1. The van der Waals surface area contributed by atoms with Crippen LogP contribution in [-0.2, 0) is 0 Å². The van der Waals surface area contributed by atoms with E-state index in [2.05, 4.69) is 30.8 Å². The Morgan fingerprint density at radius 3 is 2.50 bits per heavy atom. The van der Waals surface area contributed by atoms with Crippen LogP contribution < -0.4 is 15.6 Å². The van der Waals surface area contributed by atoms with Crippen LogP contribution in [0.25, 0.3) is 11.3 Å². The highest BCUT2D eigenvalue weighted by atomic mass is 19.1. The third-order valence-corrected chi connectivity index (χ3v) is 4.53. The molecule has 11 heteroatoms. The van der Waals surface area contributed by atoms with Crippen LogP contribution in [0.3, 0.4) is 0 Å². The molecule has 3 N–H and O–H groups in total. The molecule has 0 fully saturated rings. The highest BCUT2D eigenvalue weighted by Crippen LogP contribution is 2.25. The zero-order chi connectivity index (χ0) is 24.1. The number of halogens is 1. The van der Waals surface area contributed by atoms with Crippen LogP contribution in [-0.4, -0.2) is 46.3 Å². The SMILES string of the molecule is CN(C)c1nc(N/N=C\c2ccc(-c3ccccc3C(=O)O)o2)nc(Nc2ccc(F)cc2)n1. The number of carboxylic acids is 1. The van der Waals surface area contributed by atoms with Gasteiger partial charge >= 0.3 is 5.97 Å². The second-order valence-corrected chi connectivity index (χ2v) is 7.23. The van der Waals surface area contributed by atoms with E-state index in [1.807, 2.05) is 0 Å². The van der Waals surface area contributed by atoms with Gasteiger partial charge in [0.25, 0.3) is 0 Å². The molecule has 0 saturated carbocycles. The second kappa shape index (κ2) is 9.77. The van der Waals surface area contributed by atoms with E-state index < -0.39 is 5.97 Å². The molecule has 0 saturated heterocycles. The van der Waals surface area contributed by atoms with Crippen LogP contribution in [0.15, 0.2) is 70.2 Å². The minimum absolute atomic E-state index is 0.140. The Morgan fingerprint density at radius 1 is 1.03 bits per heavy atom. The molecule has 0 atom stereocenters. The Balaban J connectivity index is 1.51. The maximum Gasteiger partial charge on any atom is 0.336 e. The van der Waals surface area contributed by atoms with Crippen molar-refractivity contribution in [2.45, 2.75) is 0 Å². The van der Waals surface area contributed by atoms with Gasteiger partial charge in [0.2, 0.25) is 17.8 Å². The molecule has 2 aromatic carbocycles. The summed E-state index contributed by atoms with van der Waals surface area (Å²) < 4.78 is 18.9. The van der Waals surface area contributed by atoms with Crippen molar-refractivity contribution in [1.82, 2.24) is 15.0 Å². The molecule has 0 aliphatic rings. The van der Waals surface area contributed by atoms with Crippen LogP contribution in [0.2, 0.25) is 0 Å². The Morgan fingerprint density at radius 2 is 1.76 bits per heavy atom. The largest absolute Gasteiger partial charge is 0.478 e. The molecule has 34 heavy (non-hydrogen) atoms. The summed E-state index contributed by atoms with van der Waals surface area (Å²) in [6, 6.07) is 15.7. The Hall–Kier alpha value is -4.80. The van der Waals surface area contributed by atoms with Crippen molar-refractivity contribution >= 4 is 35.7 Å². The van der Waals surface area contributed by atoms with Gasteiger partial charge < -0.3 is 19.7 Å². The quantitative estimate of drug-likeness (QED) is 0.261. The first-order chi connectivity index (χ1) is 16.4. The molecule has 0 radical (unpaired) electrons. The Kier molecular flexibility index (Phi) is 6.44. The summed E-state index contributed by atoms with van der Waals surface area (Å²) in [5.74, 6) is 0.202. The van der Waals surface area contributed by atoms with Crippen molar-refractivity contribution in [3.63, 3.8) is 0 Å². The number of anilines is 4. The van der Waals surface area contributed by atoms with E-state index in [-0.39, 0.29) is 23.3 Å². The van der Waals surface area contributed by atoms with Crippen LogP contribution in [0.5, 0.6) is 0 Å². The minimum atomic E-state index is -1.04. The lowest BCUT2D eigenvalue weighted by Gasteiger charge is -2.13. The highest BCUT2D eigenvalue weighted by Gasteiger charge is 2.14. The molecule has 0 spiro atoms. The highest BCUT2D eigenvalue weighted by molar-refractivity contribution is 5.95. The van der Waals surface area contributed by atoms with Gasteiger partial charge in [0.15, 0.2) is 0 Å². The number of hydrogen-bond donors (Lipinski definition) is 3. The van der Waals surface area contributed by atoms with Gasteiger partial charge in [-0.05, 0) is 42.5 Å². The van der Waals surface area contributed by atoms with Crippen molar-refractivity contribution < 1.29 is 18.7 Å². The number of hydrazone groups is 1. The van der Waals surface area contributed by atoms with Gasteiger partial charge in [-0.2, -0.15) is 20.1 Å². The summed E-state index contributed by atoms with van der Waals surface area (Å²) in [6.07, 6.45) is 1.42. The first kappa shape index (κ1) is 22.4. The van der Waals surface area contributed by atoms with Crippen LogP contribution >= 0.6 is 0 Å². The lowest BCUT2D eigenvalue weighted by Crippen LogP contribution is -2.15. The predicted octanol–water partition coefficient (Wildman–Crippen LogP) is 4.22. The third kappa shape index (κ3) is 5.33. The lowest BCUT2D eigenvalue weighted by atomic mass is 10.1. The normalized spacial score (nSPS) is 10.9. The number of hydrogen-bond acceptors (Lipinski definition) is 9. The maximum absolute atomic E-state index is 13.2. The number of rotatable bonds is 8. The van der Waals surface area contributed by atoms with Gasteiger partial charge in [-0.25, -0.2) is 14.6 Å². The van der Waals surface area contributed by atoms with E-state index in [9.17, 15) is 14.3 Å². The van der Waals surface area contributed by atoms with Crippen LogP contribution in [0.4, 0.5) is 27.9 Å². The van der Waals surface area contributed by atoms with Gasteiger partial charge in [-0.1, -0.05) is 18.2 Å². The fraction of sp³-hybridized carbons (Fsp3) is 0.0870. The summed E-state index contributed by atoms with van der Waals surface area (Å²) in [6.45, 7) is 0. The number of aromatic carboxylic acids is 1. The zero-order valence-electron chi connectivity index (χ0n) is 18.2. The molecule has 2 aromatic heterocycles. The smallest absolute Gasteiger partial charge is 0.336 e. The molecule has 10 nitrogen and oxygen atoms in total. The van der Waals surface area contributed by atoms with E-state index >= 15 is 0 Å². The zero-order valence-corrected chi connectivity index (χ0v) is 18.2. The molecule has 2 heterocycles. The summed E-state index contributed by atoms with van der Waals surface area (Å²) in [5.41, 5.74) is 3.94. The van der Waals surface area contributed by atoms with Gasteiger partial charge in [0.1, 0.15) is 17.3 Å². The van der Waals surface area contributed by atoms with Gasteiger partial charge in [0, 0.05) is 25.3 Å². The van der Waals surface area contributed by atoms with Gasteiger partial charge in [-0.15, -0.1) is 0 Å². The summed E-state index contributed by atoms with van der Waals surface area (Å²) in [4.78, 5) is 26.0. The van der Waals surface area contributed by atoms with E-state index in [4.69, 9.17) is 4.42 Å². The molecule has 4 aromatic rings. The standard InChI is InChI=1S/C23H20FN7O3/c1-31(2)23-28-21(26-15-9-7-14(24)8-10-15)27-22(29-23)30-25-13-16-11-12-19(34-16)17-5-3-4-6-18(17)20(32)33/h3-13H,1-2H3,(H,32,33)(H2,26,27,28,29,30)/b25-13-. The monoisotopic (exact) mass is 461 g/mol. The van der Waals surface area contributed by atoms with Crippen molar-refractivity contribution in [2.24, 2.45) is 5.10 Å². The van der Waals surface area contributed by atoms with E-state index in [0.29, 0.717) is 28.7 Å². The number of carbonyl (C=O) groups is 1. The first-order valence-corrected chi connectivity index (χ1v) is 10.1. The molecular weight excluding hydrogens is 441 g/mol. The van der Waals surface area contributed by atoms with E-state index in [1.165, 1.54) is 24.4 Å². The van der Waals surface area contributed by atoms with E-state index in [1.54, 1.807) is 61.5 Å². The molecule has 0 unspecified atom stereocenters. The van der Waals surface area contributed by atoms with Gasteiger partial charge in [0.05, 0.1) is 11.8 Å². The molecule has 0 aliphatic carbocycles. The van der Waals surface area contributed by atoms with Crippen molar-refractivity contribution in [1.29, 1.82) is 0 Å². The molecule has 0 amide bonds. The second-order valence-electron chi connectivity index (χ2n) is 7.23. The van der Waals surface area contributed by atoms with Crippen molar-refractivity contribution in [3.05, 3.63) is 77.8 Å². The van der Waals surface area contributed by atoms with Crippen molar-refractivity contribution in [2.75, 3.05) is 29.7 Å². The third-order valence-electron chi connectivity index (χ3n) is 4.53. The molecule has 0 bridgehead atoms. The fourth-order valence-electron chi connectivity index (χ4n) is 2.94. The van der Waals surface area contributed by atoms with Gasteiger partial charge in [-0.3, -0.25) is 0 Å². The van der Waals surface area contributed by atoms with Crippen molar-refractivity contribution in [3.8, 4) is 11.3 Å². The summed E-state index contributed by atoms with van der Waals surface area (Å²) >= 11 is 0. The summed E-state index contributed by atoms with van der Waals surface area (Å²) in [7, 11) is 3.56. The van der Waals surface area contributed by atoms with E-state index in [0.717, 1.165) is 0 Å². The van der Waals surface area contributed by atoms with Crippen LogP contribution in [0, 0.1) is 5.82 Å². The topological polar surface area (TPSA) is 129 Å². The molecule has 0 aliphatic heterocycles. The lowest BCUT2D eigenvalue weighted by molar-refractivity contribution is 0.0697.